The molecule has 136 valence electrons. The van der Waals surface area contributed by atoms with E-state index in [9.17, 15) is 13.2 Å². The third-order valence-corrected chi connectivity index (χ3v) is 5.27. The van der Waals surface area contributed by atoms with Crippen LogP contribution in [0, 0.1) is 11.3 Å². The fourth-order valence-electron chi connectivity index (χ4n) is 2.33. The van der Waals surface area contributed by atoms with Crippen LogP contribution in [0.3, 0.4) is 0 Å². The summed E-state index contributed by atoms with van der Waals surface area (Å²) in [6.45, 7) is 2.44. The Morgan fingerprint density at radius 3 is 2.42 bits per heavy atom. The summed E-state index contributed by atoms with van der Waals surface area (Å²) in [5.41, 5.74) is 1.08. The second-order valence-electron chi connectivity index (χ2n) is 5.74. The van der Waals surface area contributed by atoms with Crippen molar-refractivity contribution < 1.29 is 13.2 Å². The molecule has 2 rings (SSSR count). The lowest BCUT2D eigenvalue weighted by Gasteiger charge is -2.09. The molecule has 2 aromatic carbocycles. The quantitative estimate of drug-likeness (QED) is 0.696. The average Bonchev–Trinajstić information content (AvgIpc) is 2.66. The first-order valence-corrected chi connectivity index (χ1v) is 9.86. The maximum absolute atomic E-state index is 12.3. The molecule has 1 amide bonds. The topological polar surface area (TPSA) is 99.1 Å². The van der Waals surface area contributed by atoms with Gasteiger partial charge in [-0.05, 0) is 42.8 Å². The van der Waals surface area contributed by atoms with Crippen molar-refractivity contribution in [3.63, 3.8) is 0 Å². The van der Waals surface area contributed by atoms with Crippen molar-refractivity contribution in [1.29, 1.82) is 5.26 Å². The maximum Gasteiger partial charge on any atom is 0.255 e. The number of hydrogen-bond donors (Lipinski definition) is 2. The van der Waals surface area contributed by atoms with Gasteiger partial charge in [0.05, 0.1) is 16.1 Å². The summed E-state index contributed by atoms with van der Waals surface area (Å²) in [5, 5.41) is 11.7. The van der Waals surface area contributed by atoms with Crippen LogP contribution in [0.5, 0.6) is 0 Å². The van der Waals surface area contributed by atoms with E-state index < -0.39 is 15.9 Å². The number of rotatable bonds is 8. The highest BCUT2D eigenvalue weighted by Crippen LogP contribution is 2.16. The Hall–Kier alpha value is -2.69. The second-order valence-corrected chi connectivity index (χ2v) is 7.51. The van der Waals surface area contributed by atoms with Gasteiger partial charge in [0.25, 0.3) is 5.91 Å². The average molecular weight is 371 g/mol. The monoisotopic (exact) mass is 371 g/mol. The van der Waals surface area contributed by atoms with Gasteiger partial charge in [-0.1, -0.05) is 31.9 Å². The number of nitrogens with zero attached hydrogens (tertiary/aromatic N) is 1. The molecule has 0 atom stereocenters. The molecule has 0 heterocycles. The van der Waals surface area contributed by atoms with Crippen molar-refractivity contribution in [3.05, 3.63) is 59.7 Å². The second kappa shape index (κ2) is 9.13. The SMILES string of the molecule is CCCCCNS(=O)(=O)c1ccc(C(=O)Nc2ccccc2C#N)cc1. The summed E-state index contributed by atoms with van der Waals surface area (Å²) in [4.78, 5) is 12.4. The molecule has 7 heteroatoms. The molecule has 6 nitrogen and oxygen atoms in total. The Labute approximate surface area is 153 Å². The molecule has 0 saturated heterocycles. The fourth-order valence-corrected chi connectivity index (χ4v) is 3.41. The van der Waals surface area contributed by atoms with Crippen LogP contribution in [0.15, 0.2) is 53.4 Å². The highest BCUT2D eigenvalue weighted by Gasteiger charge is 2.15. The third-order valence-electron chi connectivity index (χ3n) is 3.79. The van der Waals surface area contributed by atoms with Crippen molar-refractivity contribution in [2.75, 3.05) is 11.9 Å². The Kier molecular flexibility index (Phi) is 6.89. The number of nitriles is 1. The van der Waals surface area contributed by atoms with E-state index in [-0.39, 0.29) is 4.90 Å². The van der Waals surface area contributed by atoms with E-state index >= 15 is 0 Å². The van der Waals surface area contributed by atoms with Crippen LogP contribution < -0.4 is 10.0 Å². The molecule has 2 aromatic rings. The number of nitrogens with one attached hydrogen (secondary N) is 2. The van der Waals surface area contributed by atoms with Crippen LogP contribution in [0.1, 0.15) is 42.1 Å². The van der Waals surface area contributed by atoms with Crippen LogP contribution in [0.4, 0.5) is 5.69 Å². The van der Waals surface area contributed by atoms with E-state index in [0.29, 0.717) is 23.4 Å². The molecule has 0 aliphatic heterocycles. The van der Waals surface area contributed by atoms with E-state index in [1.807, 2.05) is 13.0 Å². The summed E-state index contributed by atoms with van der Waals surface area (Å²) < 4.78 is 27.0. The Morgan fingerprint density at radius 1 is 1.08 bits per heavy atom. The molecule has 2 N–H and O–H groups in total. The summed E-state index contributed by atoms with van der Waals surface area (Å²) in [6, 6.07) is 14.4. The van der Waals surface area contributed by atoms with E-state index in [0.717, 1.165) is 19.3 Å². The Morgan fingerprint density at radius 2 is 1.77 bits per heavy atom. The van der Waals surface area contributed by atoms with Crippen LogP contribution in [0.25, 0.3) is 0 Å². The molecule has 0 radical (unpaired) electrons. The van der Waals surface area contributed by atoms with Gasteiger partial charge < -0.3 is 5.32 Å². The number of para-hydroxylation sites is 1. The van der Waals surface area contributed by atoms with Gasteiger partial charge in [-0.15, -0.1) is 0 Å². The van der Waals surface area contributed by atoms with Crippen molar-refractivity contribution in [1.82, 2.24) is 4.72 Å². The molecule has 0 aliphatic carbocycles. The standard InChI is InChI=1S/C19H21N3O3S/c1-2-3-6-13-21-26(24,25)17-11-9-15(10-12-17)19(23)22-18-8-5-4-7-16(18)14-20/h4-5,7-12,21H,2-3,6,13H2,1H3,(H,22,23). The Balaban J connectivity index is 2.06. The van der Waals surface area contributed by atoms with E-state index in [4.69, 9.17) is 5.26 Å². The fraction of sp³-hybridized carbons (Fsp3) is 0.263. The predicted octanol–water partition coefficient (Wildman–Crippen LogP) is 3.28. The first-order chi connectivity index (χ1) is 12.5. The number of carbonyl (C=O) groups is 1. The molecule has 0 spiro atoms. The molecule has 0 bridgehead atoms. The van der Waals surface area contributed by atoms with Gasteiger partial charge in [-0.25, -0.2) is 13.1 Å². The smallest absolute Gasteiger partial charge is 0.255 e. The minimum atomic E-state index is -3.58. The van der Waals surface area contributed by atoms with Crippen LogP contribution in [0.2, 0.25) is 0 Å². The van der Waals surface area contributed by atoms with Crippen molar-refractivity contribution in [2.24, 2.45) is 0 Å². The molecule has 0 unspecified atom stereocenters. The summed E-state index contributed by atoms with van der Waals surface area (Å²) >= 11 is 0. The number of carbonyl (C=O) groups excluding carboxylic acids is 1. The van der Waals surface area contributed by atoms with Gasteiger partial charge in [-0.3, -0.25) is 4.79 Å². The van der Waals surface area contributed by atoms with Gasteiger partial charge >= 0.3 is 0 Å². The normalized spacial score (nSPS) is 10.9. The van der Waals surface area contributed by atoms with Gasteiger partial charge in [0.15, 0.2) is 0 Å². The molecule has 0 saturated carbocycles. The first kappa shape index (κ1) is 19.6. The molecule has 0 aromatic heterocycles. The molecular weight excluding hydrogens is 350 g/mol. The van der Waals surface area contributed by atoms with Crippen LogP contribution in [-0.2, 0) is 10.0 Å². The summed E-state index contributed by atoms with van der Waals surface area (Å²) in [6.07, 6.45) is 2.76. The van der Waals surface area contributed by atoms with Gasteiger partial charge in [0, 0.05) is 12.1 Å². The van der Waals surface area contributed by atoms with Gasteiger partial charge in [0.1, 0.15) is 6.07 Å². The van der Waals surface area contributed by atoms with Crippen molar-refractivity contribution >= 4 is 21.6 Å². The highest BCUT2D eigenvalue weighted by atomic mass is 32.2. The summed E-state index contributed by atoms with van der Waals surface area (Å²) in [5.74, 6) is -0.410. The van der Waals surface area contributed by atoms with Crippen molar-refractivity contribution in [3.8, 4) is 6.07 Å². The summed E-state index contributed by atoms with van der Waals surface area (Å²) in [7, 11) is -3.58. The highest BCUT2D eigenvalue weighted by molar-refractivity contribution is 7.89. The lowest BCUT2D eigenvalue weighted by Crippen LogP contribution is -2.24. The molecular formula is C19H21N3O3S. The number of sulfonamides is 1. The first-order valence-electron chi connectivity index (χ1n) is 8.38. The lowest BCUT2D eigenvalue weighted by molar-refractivity contribution is 0.102. The van der Waals surface area contributed by atoms with Gasteiger partial charge in [0.2, 0.25) is 10.0 Å². The number of hydrogen-bond acceptors (Lipinski definition) is 4. The van der Waals surface area contributed by atoms with E-state index in [1.54, 1.807) is 24.3 Å². The number of anilines is 1. The van der Waals surface area contributed by atoms with Crippen molar-refractivity contribution in [2.45, 2.75) is 31.1 Å². The number of unbranched alkanes of at least 4 members (excludes halogenated alkanes) is 2. The predicted molar refractivity (Wildman–Crippen MR) is 100 cm³/mol. The maximum atomic E-state index is 12.3. The van der Waals surface area contributed by atoms with Crippen LogP contribution >= 0.6 is 0 Å². The van der Waals surface area contributed by atoms with E-state index in [1.165, 1.54) is 24.3 Å². The van der Waals surface area contributed by atoms with Crippen LogP contribution in [-0.4, -0.2) is 20.9 Å². The molecule has 0 fully saturated rings. The zero-order valence-electron chi connectivity index (χ0n) is 14.5. The lowest BCUT2D eigenvalue weighted by atomic mass is 10.1. The third kappa shape index (κ3) is 5.15. The zero-order chi connectivity index (χ0) is 19.0. The molecule has 0 aliphatic rings. The number of benzene rings is 2. The Bertz CT molecular complexity index is 900. The van der Waals surface area contributed by atoms with E-state index in [2.05, 4.69) is 10.0 Å². The minimum absolute atomic E-state index is 0.114. The minimum Gasteiger partial charge on any atom is -0.321 e. The van der Waals surface area contributed by atoms with Gasteiger partial charge in [-0.2, -0.15) is 5.26 Å². The zero-order valence-corrected chi connectivity index (χ0v) is 15.3. The molecule has 26 heavy (non-hydrogen) atoms. The largest absolute Gasteiger partial charge is 0.321 e. The number of amides is 1.